The van der Waals surface area contributed by atoms with Crippen molar-refractivity contribution in [2.45, 2.75) is 19.3 Å². The summed E-state index contributed by atoms with van der Waals surface area (Å²) in [7, 11) is -2.98. The van der Waals surface area contributed by atoms with Gasteiger partial charge in [0.15, 0.2) is 0 Å². The van der Waals surface area contributed by atoms with Crippen LogP contribution in [0.2, 0.25) is 0 Å². The third-order valence-corrected chi connectivity index (χ3v) is 4.78. The second-order valence-corrected chi connectivity index (χ2v) is 6.12. The molecule has 0 unspecified atom stereocenters. The first kappa shape index (κ1) is 11.5. The van der Waals surface area contributed by atoms with Crippen LogP contribution in [0, 0.1) is 0 Å². The maximum absolute atomic E-state index is 11.7. The van der Waals surface area contributed by atoms with Crippen LogP contribution in [0.15, 0.2) is 24.5 Å². The topological polar surface area (TPSA) is 50.3 Å². The molecule has 0 aromatic carbocycles. The Morgan fingerprint density at radius 3 is 2.94 bits per heavy atom. The van der Waals surface area contributed by atoms with Gasteiger partial charge in [-0.25, -0.2) is 12.7 Å². The highest BCUT2D eigenvalue weighted by Crippen LogP contribution is 2.14. The quantitative estimate of drug-likeness (QED) is 0.793. The highest BCUT2D eigenvalue weighted by Gasteiger charge is 2.24. The SMILES string of the molecule is O=S1(=O)CCCCN1CCc1cccnc1. The fourth-order valence-corrected chi connectivity index (χ4v) is 3.50. The normalized spacial score (nSPS) is 20.8. The molecular weight excluding hydrogens is 224 g/mol. The number of aromatic nitrogens is 1. The van der Waals surface area contributed by atoms with E-state index < -0.39 is 10.0 Å². The van der Waals surface area contributed by atoms with E-state index in [2.05, 4.69) is 4.98 Å². The van der Waals surface area contributed by atoms with Gasteiger partial charge in [-0.3, -0.25) is 4.98 Å². The zero-order valence-electron chi connectivity index (χ0n) is 9.17. The van der Waals surface area contributed by atoms with Crippen LogP contribution in [-0.4, -0.2) is 36.5 Å². The first-order chi connectivity index (χ1) is 7.68. The number of rotatable bonds is 3. The molecule has 0 aliphatic carbocycles. The standard InChI is InChI=1S/C11H16N2O2S/c14-16(15)9-2-1-7-13(16)8-5-11-4-3-6-12-10-11/h3-4,6,10H,1-2,5,7-9H2. The van der Waals surface area contributed by atoms with E-state index >= 15 is 0 Å². The van der Waals surface area contributed by atoms with E-state index in [0.29, 0.717) is 18.8 Å². The maximum Gasteiger partial charge on any atom is 0.214 e. The molecule has 2 heterocycles. The molecule has 4 nitrogen and oxygen atoms in total. The van der Waals surface area contributed by atoms with E-state index in [1.165, 1.54) is 0 Å². The van der Waals surface area contributed by atoms with E-state index in [9.17, 15) is 8.42 Å². The van der Waals surface area contributed by atoms with Crippen molar-refractivity contribution in [3.8, 4) is 0 Å². The van der Waals surface area contributed by atoms with Crippen molar-refractivity contribution in [2.24, 2.45) is 0 Å². The first-order valence-corrected chi connectivity index (χ1v) is 7.16. The number of hydrogen-bond donors (Lipinski definition) is 0. The average Bonchev–Trinajstić information content (AvgIpc) is 2.28. The van der Waals surface area contributed by atoms with E-state index in [1.807, 2.05) is 12.1 Å². The molecule has 0 bridgehead atoms. The summed E-state index contributed by atoms with van der Waals surface area (Å²) < 4.78 is 25.0. The number of sulfonamides is 1. The van der Waals surface area contributed by atoms with Crippen LogP contribution in [0.1, 0.15) is 18.4 Å². The Morgan fingerprint density at radius 2 is 2.25 bits per heavy atom. The lowest BCUT2D eigenvalue weighted by Gasteiger charge is -2.26. The Bertz CT molecular complexity index is 431. The van der Waals surface area contributed by atoms with Crippen LogP contribution in [0.4, 0.5) is 0 Å². The Kier molecular flexibility index (Phi) is 3.56. The van der Waals surface area contributed by atoms with Crippen LogP contribution in [0.3, 0.4) is 0 Å². The summed E-state index contributed by atoms with van der Waals surface area (Å²) in [5.41, 5.74) is 1.09. The Hall–Kier alpha value is -0.940. The summed E-state index contributed by atoms with van der Waals surface area (Å²) in [6, 6.07) is 3.85. The molecule has 1 aromatic heterocycles. The summed E-state index contributed by atoms with van der Waals surface area (Å²) >= 11 is 0. The van der Waals surface area contributed by atoms with Gasteiger partial charge in [0.2, 0.25) is 10.0 Å². The van der Waals surface area contributed by atoms with Gasteiger partial charge in [0.05, 0.1) is 5.75 Å². The van der Waals surface area contributed by atoms with Gasteiger partial charge in [-0.2, -0.15) is 0 Å². The third-order valence-electron chi connectivity index (χ3n) is 2.83. The second-order valence-electron chi connectivity index (χ2n) is 4.03. The zero-order chi connectivity index (χ0) is 11.4. The van der Waals surface area contributed by atoms with Crippen LogP contribution >= 0.6 is 0 Å². The minimum Gasteiger partial charge on any atom is -0.264 e. The first-order valence-electron chi connectivity index (χ1n) is 5.55. The minimum absolute atomic E-state index is 0.306. The minimum atomic E-state index is -2.98. The fraction of sp³-hybridized carbons (Fsp3) is 0.545. The van der Waals surface area contributed by atoms with Crippen molar-refractivity contribution in [1.82, 2.24) is 9.29 Å². The highest BCUT2D eigenvalue weighted by molar-refractivity contribution is 7.89. The number of nitrogens with zero attached hydrogens (tertiary/aromatic N) is 2. The summed E-state index contributed by atoms with van der Waals surface area (Å²) in [4.78, 5) is 4.02. The molecule has 0 saturated carbocycles. The number of pyridine rings is 1. The molecule has 0 spiro atoms. The van der Waals surface area contributed by atoms with Gasteiger partial charge >= 0.3 is 0 Å². The number of hydrogen-bond acceptors (Lipinski definition) is 3. The van der Waals surface area contributed by atoms with Crippen LogP contribution in [-0.2, 0) is 16.4 Å². The molecule has 1 fully saturated rings. The molecule has 88 valence electrons. The predicted molar refractivity (Wildman–Crippen MR) is 62.5 cm³/mol. The smallest absolute Gasteiger partial charge is 0.214 e. The molecule has 0 amide bonds. The molecule has 1 aliphatic rings. The maximum atomic E-state index is 11.7. The lowest BCUT2D eigenvalue weighted by Crippen LogP contribution is -2.39. The van der Waals surface area contributed by atoms with Crippen LogP contribution in [0.5, 0.6) is 0 Å². The third kappa shape index (κ3) is 2.80. The molecule has 1 saturated heterocycles. The molecule has 2 rings (SSSR count). The summed E-state index contributed by atoms with van der Waals surface area (Å²) in [5.74, 6) is 0.306. The van der Waals surface area contributed by atoms with Gasteiger partial charge in [-0.05, 0) is 30.9 Å². The largest absolute Gasteiger partial charge is 0.264 e. The van der Waals surface area contributed by atoms with Crippen LogP contribution in [0.25, 0.3) is 0 Å². The lowest BCUT2D eigenvalue weighted by molar-refractivity contribution is 0.386. The summed E-state index contributed by atoms with van der Waals surface area (Å²) in [5, 5.41) is 0. The molecule has 5 heteroatoms. The van der Waals surface area contributed by atoms with Crippen molar-refractivity contribution in [3.05, 3.63) is 30.1 Å². The molecule has 0 radical (unpaired) electrons. The van der Waals surface area contributed by atoms with E-state index in [0.717, 1.165) is 24.8 Å². The Balaban J connectivity index is 1.95. The summed E-state index contributed by atoms with van der Waals surface area (Å²) in [6.07, 6.45) is 6.03. The van der Waals surface area contributed by atoms with Crippen molar-refractivity contribution in [3.63, 3.8) is 0 Å². The van der Waals surface area contributed by atoms with Crippen molar-refractivity contribution < 1.29 is 8.42 Å². The molecular formula is C11H16N2O2S. The highest BCUT2D eigenvalue weighted by atomic mass is 32.2. The van der Waals surface area contributed by atoms with Crippen LogP contribution < -0.4 is 0 Å². The van der Waals surface area contributed by atoms with Gasteiger partial charge in [0.1, 0.15) is 0 Å². The van der Waals surface area contributed by atoms with E-state index in [4.69, 9.17) is 0 Å². The monoisotopic (exact) mass is 240 g/mol. The predicted octanol–water partition coefficient (Wildman–Crippen LogP) is 1.05. The summed E-state index contributed by atoms with van der Waals surface area (Å²) in [6.45, 7) is 1.25. The molecule has 0 N–H and O–H groups in total. The van der Waals surface area contributed by atoms with Crippen molar-refractivity contribution >= 4 is 10.0 Å². The van der Waals surface area contributed by atoms with Gasteiger partial charge in [-0.1, -0.05) is 6.07 Å². The lowest BCUT2D eigenvalue weighted by atomic mass is 10.2. The van der Waals surface area contributed by atoms with Crippen molar-refractivity contribution in [1.29, 1.82) is 0 Å². The fourth-order valence-electron chi connectivity index (χ4n) is 1.89. The van der Waals surface area contributed by atoms with Crippen molar-refractivity contribution in [2.75, 3.05) is 18.8 Å². The van der Waals surface area contributed by atoms with Gasteiger partial charge in [-0.15, -0.1) is 0 Å². The van der Waals surface area contributed by atoms with Gasteiger partial charge in [0, 0.05) is 25.5 Å². The molecule has 0 atom stereocenters. The zero-order valence-corrected chi connectivity index (χ0v) is 9.99. The molecule has 1 aliphatic heterocycles. The molecule has 16 heavy (non-hydrogen) atoms. The van der Waals surface area contributed by atoms with E-state index in [1.54, 1.807) is 16.7 Å². The molecule has 1 aromatic rings. The van der Waals surface area contributed by atoms with Gasteiger partial charge < -0.3 is 0 Å². The van der Waals surface area contributed by atoms with E-state index in [-0.39, 0.29) is 0 Å². The van der Waals surface area contributed by atoms with Gasteiger partial charge in [0.25, 0.3) is 0 Å². The average molecular weight is 240 g/mol. The Labute approximate surface area is 96.4 Å². The Morgan fingerprint density at radius 1 is 1.38 bits per heavy atom. The second kappa shape index (κ2) is 4.93.